The Morgan fingerprint density at radius 1 is 1.61 bits per heavy atom. The molecule has 0 aromatic carbocycles. The number of aliphatic hydroxyl groups excluding tert-OH is 1. The van der Waals surface area contributed by atoms with E-state index in [1.54, 1.807) is 37.2 Å². The molecule has 0 aliphatic carbocycles. The van der Waals surface area contributed by atoms with Crippen LogP contribution >= 0.6 is 0 Å². The van der Waals surface area contributed by atoms with Crippen molar-refractivity contribution in [1.29, 1.82) is 0 Å². The maximum absolute atomic E-state index is 11.6. The molecule has 0 radical (unpaired) electrons. The molecule has 0 bridgehead atoms. The van der Waals surface area contributed by atoms with Gasteiger partial charge in [0.15, 0.2) is 0 Å². The maximum Gasteiger partial charge on any atom is 0.239 e. The fourth-order valence-electron chi connectivity index (χ4n) is 1.52. The van der Waals surface area contributed by atoms with Crippen LogP contribution in [0.2, 0.25) is 0 Å². The van der Waals surface area contributed by atoms with Crippen molar-refractivity contribution >= 4 is 11.7 Å². The molecule has 1 aromatic heterocycles. The second-order valence-corrected chi connectivity index (χ2v) is 4.33. The van der Waals surface area contributed by atoms with Gasteiger partial charge in [-0.25, -0.2) is 4.98 Å². The van der Waals surface area contributed by atoms with Crippen LogP contribution in [-0.4, -0.2) is 36.1 Å². The molecule has 0 aliphatic rings. The highest BCUT2D eigenvalue weighted by molar-refractivity contribution is 5.80. The van der Waals surface area contributed by atoms with Crippen LogP contribution in [0.15, 0.2) is 18.3 Å². The molecule has 18 heavy (non-hydrogen) atoms. The number of hydrogen-bond donors (Lipinski definition) is 2. The highest BCUT2D eigenvalue weighted by Gasteiger charge is 2.09. The number of likely N-dealkylation sites (N-methyl/N-ethyl adjacent to an activating group) is 1. The van der Waals surface area contributed by atoms with Crippen molar-refractivity contribution in [3.05, 3.63) is 23.9 Å². The Balaban J connectivity index is 2.63. The number of nitrogens with one attached hydrogen (secondary N) is 1. The number of aliphatic hydroxyl groups is 1. The first-order chi connectivity index (χ1) is 8.54. The zero-order valence-corrected chi connectivity index (χ0v) is 11.2. The average molecular weight is 251 g/mol. The topological polar surface area (TPSA) is 65.5 Å². The first kappa shape index (κ1) is 14.4. The summed E-state index contributed by atoms with van der Waals surface area (Å²) in [5.41, 5.74) is 0.792. The standard InChI is InChI=1S/C13H21N3O2/c1-4-6-15-13(18)9-16(3)12-8-11(10(2)17)5-7-14-12/h5,7-8,10,17H,4,6,9H2,1-3H3,(H,15,18). The Morgan fingerprint density at radius 3 is 2.94 bits per heavy atom. The number of carbonyl (C=O) groups excluding carboxylic acids is 1. The predicted molar refractivity (Wildman–Crippen MR) is 71.4 cm³/mol. The van der Waals surface area contributed by atoms with Gasteiger partial charge in [-0.3, -0.25) is 4.79 Å². The molecular formula is C13H21N3O2. The molecule has 1 unspecified atom stereocenters. The molecule has 1 heterocycles. The summed E-state index contributed by atoms with van der Waals surface area (Å²) in [7, 11) is 1.81. The Bertz CT molecular complexity index is 394. The number of aromatic nitrogens is 1. The number of rotatable bonds is 6. The van der Waals surface area contributed by atoms with Gasteiger partial charge in [-0.05, 0) is 31.0 Å². The number of hydrogen-bond acceptors (Lipinski definition) is 4. The summed E-state index contributed by atoms with van der Waals surface area (Å²) in [6, 6.07) is 3.55. The normalized spacial score (nSPS) is 12.0. The summed E-state index contributed by atoms with van der Waals surface area (Å²) in [6.45, 7) is 4.66. The first-order valence-corrected chi connectivity index (χ1v) is 6.16. The van der Waals surface area contributed by atoms with Gasteiger partial charge in [0.25, 0.3) is 0 Å². The van der Waals surface area contributed by atoms with E-state index < -0.39 is 6.10 Å². The lowest BCUT2D eigenvalue weighted by Gasteiger charge is -2.18. The molecule has 5 heteroatoms. The minimum absolute atomic E-state index is 0.0244. The van der Waals surface area contributed by atoms with Gasteiger partial charge in [-0.2, -0.15) is 0 Å². The second kappa shape index (κ2) is 6.96. The molecule has 2 N–H and O–H groups in total. The summed E-state index contributed by atoms with van der Waals surface area (Å²) in [5, 5.41) is 12.3. The molecular weight excluding hydrogens is 230 g/mol. The SMILES string of the molecule is CCCNC(=O)CN(C)c1cc(C(C)O)ccn1. The van der Waals surface area contributed by atoms with Gasteiger partial charge in [0.2, 0.25) is 5.91 Å². The van der Waals surface area contributed by atoms with Crippen molar-refractivity contribution in [3.8, 4) is 0 Å². The minimum atomic E-state index is -0.533. The largest absolute Gasteiger partial charge is 0.389 e. The third-order valence-electron chi connectivity index (χ3n) is 2.60. The molecule has 0 saturated carbocycles. The fraction of sp³-hybridized carbons (Fsp3) is 0.538. The summed E-state index contributed by atoms with van der Waals surface area (Å²) in [6.07, 6.45) is 2.03. The van der Waals surface area contributed by atoms with E-state index in [9.17, 15) is 9.90 Å². The summed E-state index contributed by atoms with van der Waals surface area (Å²) in [5.74, 6) is 0.656. The van der Waals surface area contributed by atoms with Gasteiger partial charge in [-0.15, -0.1) is 0 Å². The first-order valence-electron chi connectivity index (χ1n) is 6.16. The van der Waals surface area contributed by atoms with Gasteiger partial charge in [0.1, 0.15) is 5.82 Å². The van der Waals surface area contributed by atoms with E-state index in [2.05, 4.69) is 10.3 Å². The predicted octanol–water partition coefficient (Wildman–Crippen LogP) is 1.10. The summed E-state index contributed by atoms with van der Waals surface area (Å²) < 4.78 is 0. The number of nitrogens with zero attached hydrogens (tertiary/aromatic N) is 2. The molecule has 0 saturated heterocycles. The fourth-order valence-corrected chi connectivity index (χ4v) is 1.52. The lowest BCUT2D eigenvalue weighted by molar-refractivity contribution is -0.119. The minimum Gasteiger partial charge on any atom is -0.389 e. The van der Waals surface area contributed by atoms with Gasteiger partial charge in [0, 0.05) is 19.8 Å². The molecule has 1 amide bonds. The maximum atomic E-state index is 11.6. The third kappa shape index (κ3) is 4.33. The highest BCUT2D eigenvalue weighted by atomic mass is 16.3. The van der Waals surface area contributed by atoms with Crippen molar-refractivity contribution in [2.24, 2.45) is 0 Å². The Hall–Kier alpha value is -1.62. The molecule has 0 spiro atoms. The van der Waals surface area contributed by atoms with Crippen molar-refractivity contribution < 1.29 is 9.90 Å². The molecule has 1 rings (SSSR count). The number of pyridine rings is 1. The van der Waals surface area contributed by atoms with E-state index in [0.717, 1.165) is 12.0 Å². The van der Waals surface area contributed by atoms with Crippen LogP contribution in [0.3, 0.4) is 0 Å². The number of anilines is 1. The lowest BCUT2D eigenvalue weighted by atomic mass is 10.2. The lowest BCUT2D eigenvalue weighted by Crippen LogP contribution is -2.35. The zero-order valence-electron chi connectivity index (χ0n) is 11.2. The van der Waals surface area contributed by atoms with E-state index in [0.29, 0.717) is 12.4 Å². The summed E-state index contributed by atoms with van der Waals surface area (Å²) >= 11 is 0. The van der Waals surface area contributed by atoms with Gasteiger partial charge in [-0.1, -0.05) is 6.92 Å². The Labute approximate surface area is 108 Å². The summed E-state index contributed by atoms with van der Waals surface area (Å²) in [4.78, 5) is 17.5. The van der Waals surface area contributed by atoms with Crippen LogP contribution in [0.5, 0.6) is 0 Å². The van der Waals surface area contributed by atoms with Crippen molar-refractivity contribution in [3.63, 3.8) is 0 Å². The van der Waals surface area contributed by atoms with Crippen LogP contribution in [0.4, 0.5) is 5.82 Å². The molecule has 5 nitrogen and oxygen atoms in total. The van der Waals surface area contributed by atoms with Gasteiger partial charge in [0.05, 0.1) is 12.6 Å². The third-order valence-corrected chi connectivity index (χ3v) is 2.60. The van der Waals surface area contributed by atoms with Gasteiger partial charge >= 0.3 is 0 Å². The van der Waals surface area contributed by atoms with Crippen LogP contribution < -0.4 is 10.2 Å². The van der Waals surface area contributed by atoms with Crippen molar-refractivity contribution in [1.82, 2.24) is 10.3 Å². The quantitative estimate of drug-likeness (QED) is 0.794. The van der Waals surface area contributed by atoms with Crippen LogP contribution in [-0.2, 0) is 4.79 Å². The van der Waals surface area contributed by atoms with Crippen LogP contribution in [0.1, 0.15) is 31.9 Å². The number of carbonyl (C=O) groups is 1. The van der Waals surface area contributed by atoms with Crippen molar-refractivity contribution in [2.45, 2.75) is 26.4 Å². The number of amides is 1. The van der Waals surface area contributed by atoms with E-state index in [1.165, 1.54) is 0 Å². The average Bonchev–Trinajstić information content (AvgIpc) is 2.36. The van der Waals surface area contributed by atoms with E-state index in [-0.39, 0.29) is 12.5 Å². The van der Waals surface area contributed by atoms with E-state index in [1.807, 2.05) is 6.92 Å². The second-order valence-electron chi connectivity index (χ2n) is 4.33. The van der Waals surface area contributed by atoms with Crippen molar-refractivity contribution in [2.75, 3.05) is 25.0 Å². The highest BCUT2D eigenvalue weighted by Crippen LogP contribution is 2.16. The molecule has 0 fully saturated rings. The van der Waals surface area contributed by atoms with E-state index in [4.69, 9.17) is 0 Å². The molecule has 100 valence electrons. The monoisotopic (exact) mass is 251 g/mol. The van der Waals surface area contributed by atoms with Crippen LogP contribution in [0, 0.1) is 0 Å². The van der Waals surface area contributed by atoms with Crippen LogP contribution in [0.25, 0.3) is 0 Å². The zero-order chi connectivity index (χ0) is 13.5. The Kier molecular flexibility index (Phi) is 5.58. The smallest absolute Gasteiger partial charge is 0.239 e. The molecule has 0 aliphatic heterocycles. The Morgan fingerprint density at radius 2 is 2.33 bits per heavy atom. The van der Waals surface area contributed by atoms with E-state index >= 15 is 0 Å². The molecule has 1 aromatic rings. The molecule has 1 atom stereocenters. The van der Waals surface area contributed by atoms with Gasteiger partial charge < -0.3 is 15.3 Å².